The summed E-state index contributed by atoms with van der Waals surface area (Å²) in [6.45, 7) is 4.65. The van der Waals surface area contributed by atoms with E-state index in [0.29, 0.717) is 29.9 Å². The number of ether oxygens (including phenoxy) is 1. The topological polar surface area (TPSA) is 113 Å². The van der Waals surface area contributed by atoms with Gasteiger partial charge in [0.15, 0.2) is 5.78 Å². The van der Waals surface area contributed by atoms with Crippen molar-refractivity contribution >= 4 is 35.4 Å². The summed E-state index contributed by atoms with van der Waals surface area (Å²) in [6.07, 6.45) is 11.5. The minimum absolute atomic E-state index is 0.0565. The number of amides is 1. The Hall–Kier alpha value is -1.83. The first-order valence-corrected chi connectivity index (χ1v) is 14.9. The Labute approximate surface area is 218 Å². The first-order valence-electron chi connectivity index (χ1n) is 13.5. The highest BCUT2D eigenvalue weighted by Gasteiger charge is 2.59. The molecule has 0 bridgehead atoms. The molecule has 0 unspecified atom stereocenters. The van der Waals surface area contributed by atoms with Crippen LogP contribution in [0.25, 0.3) is 0 Å². The molecule has 0 spiro atoms. The summed E-state index contributed by atoms with van der Waals surface area (Å²) in [4.78, 5) is 48.2. The molecule has 1 amide bonds. The molecule has 36 heavy (non-hydrogen) atoms. The SMILES string of the molecule is CSCC[C@H](NC(=O)CCC(=O)O[C@H]1CC[C@H]2[C@H]3CCC4=CC(=O)CC[C@@]4(C)[C@H]3CC[C@@]12C)C(=O)[O-]. The molecule has 3 fully saturated rings. The molecule has 0 aromatic heterocycles. The van der Waals surface area contributed by atoms with Crippen molar-refractivity contribution in [2.45, 2.75) is 96.6 Å². The predicted octanol–water partition coefficient (Wildman–Crippen LogP) is 3.20. The lowest BCUT2D eigenvalue weighted by Crippen LogP contribution is -2.51. The van der Waals surface area contributed by atoms with E-state index in [4.69, 9.17) is 4.74 Å². The number of aliphatic carboxylic acids is 1. The van der Waals surface area contributed by atoms with Crippen molar-refractivity contribution in [3.05, 3.63) is 11.6 Å². The Balaban J connectivity index is 1.32. The van der Waals surface area contributed by atoms with Gasteiger partial charge in [-0.2, -0.15) is 11.8 Å². The summed E-state index contributed by atoms with van der Waals surface area (Å²) >= 11 is 1.50. The lowest BCUT2D eigenvalue weighted by molar-refractivity contribution is -0.308. The zero-order valence-corrected chi connectivity index (χ0v) is 22.6. The maximum atomic E-state index is 12.7. The largest absolute Gasteiger partial charge is 0.548 e. The van der Waals surface area contributed by atoms with Crippen LogP contribution in [0.15, 0.2) is 11.6 Å². The Kier molecular flexibility index (Phi) is 8.22. The fourth-order valence-electron chi connectivity index (χ4n) is 7.89. The molecule has 0 saturated heterocycles. The number of nitrogens with one attached hydrogen (secondary N) is 1. The number of fused-ring (bicyclic) bond motifs is 5. The van der Waals surface area contributed by atoms with E-state index in [9.17, 15) is 24.3 Å². The zero-order valence-electron chi connectivity index (χ0n) is 21.8. The van der Waals surface area contributed by atoms with Crippen molar-refractivity contribution in [1.82, 2.24) is 5.32 Å². The summed E-state index contributed by atoms with van der Waals surface area (Å²) in [6, 6.07) is -1.04. The third kappa shape index (κ3) is 5.25. The average molecular weight is 519 g/mol. The first kappa shape index (κ1) is 27.2. The number of esters is 1. The molecular weight excluding hydrogens is 478 g/mol. The lowest BCUT2D eigenvalue weighted by atomic mass is 9.47. The second-order valence-corrected chi connectivity index (χ2v) is 12.8. The van der Waals surface area contributed by atoms with Crippen LogP contribution in [0.1, 0.15) is 84.5 Å². The molecule has 4 rings (SSSR count). The number of thioether (sulfide) groups is 1. The van der Waals surface area contributed by atoms with Gasteiger partial charge in [0.25, 0.3) is 0 Å². The van der Waals surface area contributed by atoms with Crippen LogP contribution in [-0.4, -0.2) is 47.8 Å². The standard InChI is InChI=1S/C28H41NO6S/c1-27-13-10-18(30)16-17(27)4-5-19-20-6-7-23(28(20,2)14-11-21(19)27)35-25(32)9-8-24(31)29-22(26(33)34)12-15-36-3/h16,19-23H,4-15H2,1-3H3,(H,29,31)(H,33,34)/p-1/t19-,20+,21+,22+,23+,27-,28-/m1/s1. The fourth-order valence-corrected chi connectivity index (χ4v) is 8.36. The Morgan fingerprint density at radius 2 is 1.89 bits per heavy atom. The van der Waals surface area contributed by atoms with Crippen molar-refractivity contribution in [2.24, 2.45) is 28.6 Å². The summed E-state index contributed by atoms with van der Waals surface area (Å²) in [5.74, 6) is 0.398. The quantitative estimate of drug-likeness (QED) is 0.467. The molecule has 0 aromatic rings. The van der Waals surface area contributed by atoms with E-state index in [-0.39, 0.29) is 47.9 Å². The van der Waals surface area contributed by atoms with Gasteiger partial charge in [-0.3, -0.25) is 14.4 Å². The van der Waals surface area contributed by atoms with Crippen molar-refractivity contribution in [3.63, 3.8) is 0 Å². The number of carbonyl (C=O) groups excluding carboxylic acids is 4. The maximum Gasteiger partial charge on any atom is 0.306 e. The van der Waals surface area contributed by atoms with Crippen LogP contribution in [0.4, 0.5) is 0 Å². The van der Waals surface area contributed by atoms with E-state index < -0.39 is 17.9 Å². The second kappa shape index (κ2) is 10.9. The van der Waals surface area contributed by atoms with Gasteiger partial charge in [-0.15, -0.1) is 0 Å². The predicted molar refractivity (Wildman–Crippen MR) is 136 cm³/mol. The molecule has 0 radical (unpaired) electrons. The van der Waals surface area contributed by atoms with E-state index in [1.165, 1.54) is 17.3 Å². The summed E-state index contributed by atoms with van der Waals surface area (Å²) < 4.78 is 5.97. The molecular formula is C28H40NO6S-. The monoisotopic (exact) mass is 518 g/mol. The van der Waals surface area contributed by atoms with Crippen LogP contribution >= 0.6 is 11.8 Å². The Morgan fingerprint density at radius 3 is 2.61 bits per heavy atom. The van der Waals surface area contributed by atoms with Crippen molar-refractivity contribution < 1.29 is 29.0 Å². The highest BCUT2D eigenvalue weighted by atomic mass is 32.2. The summed E-state index contributed by atoms with van der Waals surface area (Å²) in [5, 5.41) is 13.7. The van der Waals surface area contributed by atoms with Gasteiger partial charge in [0.1, 0.15) is 6.10 Å². The van der Waals surface area contributed by atoms with Crippen molar-refractivity contribution in [2.75, 3.05) is 12.0 Å². The van der Waals surface area contributed by atoms with Gasteiger partial charge in [-0.1, -0.05) is 19.4 Å². The van der Waals surface area contributed by atoms with E-state index in [1.54, 1.807) is 0 Å². The average Bonchev–Trinajstić information content (AvgIpc) is 3.16. The first-order chi connectivity index (χ1) is 17.1. The molecule has 0 heterocycles. The van der Waals surface area contributed by atoms with Crippen molar-refractivity contribution in [1.29, 1.82) is 0 Å². The van der Waals surface area contributed by atoms with E-state index in [1.807, 2.05) is 12.3 Å². The minimum atomic E-state index is -1.31. The van der Waals surface area contributed by atoms with Gasteiger partial charge in [-0.05, 0) is 92.6 Å². The third-order valence-electron chi connectivity index (χ3n) is 9.94. The van der Waals surface area contributed by atoms with Crippen molar-refractivity contribution in [3.8, 4) is 0 Å². The van der Waals surface area contributed by atoms with E-state index in [2.05, 4.69) is 19.2 Å². The van der Waals surface area contributed by atoms with E-state index in [0.717, 1.165) is 44.9 Å². The number of hydrogen-bond acceptors (Lipinski definition) is 7. The minimum Gasteiger partial charge on any atom is -0.548 e. The third-order valence-corrected chi connectivity index (χ3v) is 10.6. The number of allylic oxidation sites excluding steroid dienone is 1. The van der Waals surface area contributed by atoms with Crippen LogP contribution in [0.5, 0.6) is 0 Å². The number of rotatable bonds is 9. The molecule has 4 aliphatic rings. The molecule has 3 saturated carbocycles. The Bertz CT molecular complexity index is 933. The maximum absolute atomic E-state index is 12.7. The lowest BCUT2D eigenvalue weighted by Gasteiger charge is -2.57. The summed E-state index contributed by atoms with van der Waals surface area (Å²) in [5.41, 5.74) is 1.43. The smallest absolute Gasteiger partial charge is 0.306 e. The van der Waals surface area contributed by atoms with Crippen LogP contribution in [0.2, 0.25) is 0 Å². The van der Waals surface area contributed by atoms with E-state index >= 15 is 0 Å². The van der Waals surface area contributed by atoms with Crippen LogP contribution in [0.3, 0.4) is 0 Å². The highest BCUT2D eigenvalue weighted by Crippen LogP contribution is 2.65. The molecule has 7 nitrogen and oxygen atoms in total. The van der Waals surface area contributed by atoms with Crippen LogP contribution in [-0.2, 0) is 23.9 Å². The number of carboxylic acids is 1. The molecule has 0 aliphatic heterocycles. The molecule has 8 heteroatoms. The fraction of sp³-hybridized carbons (Fsp3) is 0.786. The normalized spacial score (nSPS) is 36.1. The number of hydrogen-bond donors (Lipinski definition) is 1. The van der Waals surface area contributed by atoms with Gasteiger partial charge >= 0.3 is 5.97 Å². The van der Waals surface area contributed by atoms with Gasteiger partial charge in [0, 0.05) is 18.3 Å². The summed E-state index contributed by atoms with van der Waals surface area (Å²) in [7, 11) is 0. The van der Waals surface area contributed by atoms with Gasteiger partial charge in [0.05, 0.1) is 18.4 Å². The van der Waals surface area contributed by atoms with Crippen LogP contribution in [0, 0.1) is 28.6 Å². The highest BCUT2D eigenvalue weighted by molar-refractivity contribution is 7.98. The zero-order chi connectivity index (χ0) is 26.1. The number of carboxylic acid groups (broad SMARTS) is 1. The number of carbonyl (C=O) groups is 4. The van der Waals surface area contributed by atoms with Gasteiger partial charge in [0.2, 0.25) is 5.91 Å². The molecule has 0 aromatic carbocycles. The Morgan fingerprint density at radius 1 is 1.11 bits per heavy atom. The molecule has 4 aliphatic carbocycles. The second-order valence-electron chi connectivity index (χ2n) is 11.8. The molecule has 7 atom stereocenters. The number of ketones is 1. The molecule has 200 valence electrons. The van der Waals surface area contributed by atoms with Gasteiger partial charge in [-0.25, -0.2) is 0 Å². The molecule has 1 N–H and O–H groups in total. The van der Waals surface area contributed by atoms with Crippen LogP contribution < -0.4 is 10.4 Å². The van der Waals surface area contributed by atoms with Gasteiger partial charge < -0.3 is 20.0 Å².